The van der Waals surface area contributed by atoms with Crippen molar-refractivity contribution in [1.82, 2.24) is 10.6 Å². The van der Waals surface area contributed by atoms with Crippen molar-refractivity contribution in [2.45, 2.75) is 18.9 Å². The van der Waals surface area contributed by atoms with Crippen LogP contribution in [0.5, 0.6) is 5.75 Å². The van der Waals surface area contributed by atoms with Crippen molar-refractivity contribution in [3.8, 4) is 5.75 Å². The summed E-state index contributed by atoms with van der Waals surface area (Å²) in [7, 11) is 3.39. The molecular weight excluding hydrogens is 414 g/mol. The zero-order chi connectivity index (χ0) is 21.8. The SMILES string of the molecule is CN=C(NCC(=O)N1CCc2ccccc21)NC1CCN(c2cc(Cl)ccc2OC)C1. The average molecular weight is 442 g/mol. The van der Waals surface area contributed by atoms with Crippen molar-refractivity contribution in [1.29, 1.82) is 0 Å². The van der Waals surface area contributed by atoms with Crippen LogP contribution in [0.1, 0.15) is 12.0 Å². The highest BCUT2D eigenvalue weighted by atomic mass is 35.5. The quantitative estimate of drug-likeness (QED) is 0.551. The number of halogens is 1. The topological polar surface area (TPSA) is 69.2 Å². The second kappa shape index (κ2) is 9.47. The molecule has 1 fully saturated rings. The van der Waals surface area contributed by atoms with Crippen LogP contribution >= 0.6 is 11.6 Å². The molecule has 2 aliphatic rings. The summed E-state index contributed by atoms with van der Waals surface area (Å²) in [4.78, 5) is 21.1. The molecule has 2 aromatic rings. The van der Waals surface area contributed by atoms with E-state index in [-0.39, 0.29) is 18.5 Å². The molecule has 1 saturated heterocycles. The Bertz CT molecular complexity index is 980. The van der Waals surface area contributed by atoms with Gasteiger partial charge in [-0.15, -0.1) is 0 Å². The standard InChI is InChI=1S/C23H28ClN5O2/c1-25-23(26-14-22(30)29-12-9-16-5-3-4-6-19(16)29)27-18-10-11-28(15-18)20-13-17(24)7-8-21(20)31-2/h3-8,13,18H,9-12,14-15H2,1-2H3,(H2,25,26,27). The van der Waals surface area contributed by atoms with Gasteiger partial charge in [0, 0.05) is 43.4 Å². The van der Waals surface area contributed by atoms with Crippen LogP contribution in [0.4, 0.5) is 11.4 Å². The van der Waals surface area contributed by atoms with Gasteiger partial charge in [0.1, 0.15) is 5.75 Å². The predicted molar refractivity (Wildman–Crippen MR) is 126 cm³/mol. The van der Waals surface area contributed by atoms with Gasteiger partial charge in [-0.2, -0.15) is 0 Å². The number of aliphatic imine (C=N–C) groups is 1. The molecule has 31 heavy (non-hydrogen) atoms. The van der Waals surface area contributed by atoms with E-state index in [0.29, 0.717) is 11.0 Å². The van der Waals surface area contributed by atoms with Gasteiger partial charge < -0.3 is 25.2 Å². The number of fused-ring (bicyclic) bond motifs is 1. The molecule has 164 valence electrons. The first-order valence-corrected chi connectivity index (χ1v) is 10.9. The molecule has 2 N–H and O–H groups in total. The number of para-hydroxylation sites is 1. The third-order valence-electron chi connectivity index (χ3n) is 5.83. The van der Waals surface area contributed by atoms with Crippen molar-refractivity contribution in [3.63, 3.8) is 0 Å². The Hall–Kier alpha value is -2.93. The number of ether oxygens (including phenoxy) is 1. The number of anilines is 2. The Morgan fingerprint density at radius 3 is 2.87 bits per heavy atom. The summed E-state index contributed by atoms with van der Waals surface area (Å²) < 4.78 is 5.49. The van der Waals surface area contributed by atoms with E-state index in [1.54, 1.807) is 14.2 Å². The van der Waals surface area contributed by atoms with Gasteiger partial charge in [0.15, 0.2) is 5.96 Å². The molecule has 4 rings (SSSR count). The lowest BCUT2D eigenvalue weighted by Gasteiger charge is -2.23. The Morgan fingerprint density at radius 2 is 2.06 bits per heavy atom. The molecule has 8 heteroatoms. The van der Waals surface area contributed by atoms with Crippen LogP contribution in [0, 0.1) is 0 Å². The Balaban J connectivity index is 1.31. The first-order valence-electron chi connectivity index (χ1n) is 10.5. The molecule has 1 unspecified atom stereocenters. The fourth-order valence-electron chi connectivity index (χ4n) is 4.25. The minimum atomic E-state index is 0.0459. The van der Waals surface area contributed by atoms with Gasteiger partial charge in [-0.3, -0.25) is 9.79 Å². The molecule has 0 radical (unpaired) electrons. The minimum absolute atomic E-state index is 0.0459. The van der Waals surface area contributed by atoms with Crippen LogP contribution in [-0.2, 0) is 11.2 Å². The lowest BCUT2D eigenvalue weighted by atomic mass is 10.2. The number of amides is 1. The fourth-order valence-corrected chi connectivity index (χ4v) is 4.41. The van der Waals surface area contributed by atoms with Crippen LogP contribution in [0.25, 0.3) is 0 Å². The summed E-state index contributed by atoms with van der Waals surface area (Å²) in [5, 5.41) is 7.30. The highest BCUT2D eigenvalue weighted by Gasteiger charge is 2.27. The van der Waals surface area contributed by atoms with E-state index in [2.05, 4.69) is 26.6 Å². The second-order valence-corrected chi connectivity index (χ2v) is 8.18. The van der Waals surface area contributed by atoms with Crippen LogP contribution in [0.15, 0.2) is 47.5 Å². The van der Waals surface area contributed by atoms with Crippen LogP contribution in [0.2, 0.25) is 5.02 Å². The molecule has 0 bridgehead atoms. The lowest BCUT2D eigenvalue weighted by molar-refractivity contribution is -0.117. The lowest BCUT2D eigenvalue weighted by Crippen LogP contribution is -2.48. The third kappa shape index (κ3) is 4.71. The zero-order valence-electron chi connectivity index (χ0n) is 17.9. The van der Waals surface area contributed by atoms with Crippen molar-refractivity contribution >= 4 is 34.8 Å². The molecule has 1 atom stereocenters. The minimum Gasteiger partial charge on any atom is -0.495 e. The van der Waals surface area contributed by atoms with Crippen molar-refractivity contribution in [3.05, 3.63) is 53.1 Å². The Labute approximate surface area is 188 Å². The van der Waals surface area contributed by atoms with Crippen molar-refractivity contribution < 1.29 is 9.53 Å². The third-order valence-corrected chi connectivity index (χ3v) is 6.06. The first-order chi connectivity index (χ1) is 15.1. The van der Waals surface area contributed by atoms with Crippen LogP contribution in [0.3, 0.4) is 0 Å². The number of nitrogens with one attached hydrogen (secondary N) is 2. The highest BCUT2D eigenvalue weighted by Crippen LogP contribution is 2.33. The van der Waals surface area contributed by atoms with Gasteiger partial charge in [-0.25, -0.2) is 0 Å². The number of carbonyl (C=O) groups is 1. The number of benzene rings is 2. The van der Waals surface area contributed by atoms with Crippen molar-refractivity contribution in [2.75, 3.05) is 50.1 Å². The summed E-state index contributed by atoms with van der Waals surface area (Å²) in [6, 6.07) is 13.9. The van der Waals surface area contributed by atoms with E-state index in [4.69, 9.17) is 16.3 Å². The highest BCUT2D eigenvalue weighted by molar-refractivity contribution is 6.31. The largest absolute Gasteiger partial charge is 0.495 e. The van der Waals surface area contributed by atoms with Gasteiger partial charge in [0.05, 0.1) is 19.3 Å². The molecule has 7 nitrogen and oxygen atoms in total. The van der Waals surface area contributed by atoms with E-state index in [9.17, 15) is 4.79 Å². The van der Waals surface area contributed by atoms with E-state index in [1.165, 1.54) is 5.56 Å². The monoisotopic (exact) mass is 441 g/mol. The van der Waals surface area contributed by atoms with Gasteiger partial charge in [0.25, 0.3) is 0 Å². The van der Waals surface area contributed by atoms with Gasteiger partial charge in [-0.1, -0.05) is 29.8 Å². The number of hydrogen-bond donors (Lipinski definition) is 2. The number of rotatable bonds is 5. The summed E-state index contributed by atoms with van der Waals surface area (Å²) in [6.45, 7) is 2.61. The molecule has 0 aromatic heterocycles. The zero-order valence-corrected chi connectivity index (χ0v) is 18.7. The molecular formula is C23H28ClN5O2. The van der Waals surface area contributed by atoms with Crippen molar-refractivity contribution in [2.24, 2.45) is 4.99 Å². The maximum atomic E-state index is 12.8. The fraction of sp³-hybridized carbons (Fsp3) is 0.391. The molecule has 0 spiro atoms. The normalized spacial score (nSPS) is 18.2. The summed E-state index contributed by atoms with van der Waals surface area (Å²) in [6.07, 6.45) is 1.85. The number of hydrogen-bond acceptors (Lipinski definition) is 4. The first kappa shape index (κ1) is 21.3. The van der Waals surface area contributed by atoms with Gasteiger partial charge in [0.2, 0.25) is 5.91 Å². The van der Waals surface area contributed by atoms with Crippen LogP contribution < -0.4 is 25.2 Å². The Kier molecular flexibility index (Phi) is 6.51. The number of nitrogens with zero attached hydrogens (tertiary/aromatic N) is 3. The average Bonchev–Trinajstić information content (AvgIpc) is 3.43. The number of carbonyl (C=O) groups excluding carboxylic acids is 1. The molecule has 2 aliphatic heterocycles. The maximum Gasteiger partial charge on any atom is 0.246 e. The summed E-state index contributed by atoms with van der Waals surface area (Å²) >= 11 is 6.19. The maximum absolute atomic E-state index is 12.8. The van der Waals surface area contributed by atoms with Gasteiger partial charge >= 0.3 is 0 Å². The van der Waals surface area contributed by atoms with Gasteiger partial charge in [-0.05, 0) is 42.7 Å². The molecule has 1 amide bonds. The predicted octanol–water partition coefficient (Wildman–Crippen LogP) is 2.68. The van der Waals surface area contributed by atoms with E-state index in [0.717, 1.165) is 49.6 Å². The summed E-state index contributed by atoms with van der Waals surface area (Å²) in [5.74, 6) is 1.49. The number of methoxy groups -OCH3 is 1. The second-order valence-electron chi connectivity index (χ2n) is 7.74. The molecule has 0 aliphatic carbocycles. The summed E-state index contributed by atoms with van der Waals surface area (Å²) in [5.41, 5.74) is 3.23. The molecule has 0 saturated carbocycles. The molecule has 2 heterocycles. The van der Waals surface area contributed by atoms with E-state index < -0.39 is 0 Å². The number of guanidine groups is 1. The van der Waals surface area contributed by atoms with E-state index >= 15 is 0 Å². The smallest absolute Gasteiger partial charge is 0.246 e. The molecule has 2 aromatic carbocycles. The Morgan fingerprint density at radius 1 is 1.23 bits per heavy atom. The van der Waals surface area contributed by atoms with Crippen LogP contribution in [-0.4, -0.2) is 58.2 Å². The van der Waals surface area contributed by atoms with E-state index in [1.807, 2.05) is 41.3 Å².